The van der Waals surface area contributed by atoms with E-state index in [1.54, 1.807) is 0 Å². The Kier molecular flexibility index (Phi) is 10.9. The van der Waals surface area contributed by atoms with E-state index >= 15 is 0 Å². The van der Waals surface area contributed by atoms with E-state index in [4.69, 9.17) is 14.8 Å². The van der Waals surface area contributed by atoms with Gasteiger partial charge in [0, 0.05) is 18.0 Å². The second kappa shape index (κ2) is 11.2. The molecule has 0 aromatic rings. The van der Waals surface area contributed by atoms with Gasteiger partial charge in [-0.3, -0.25) is 4.84 Å². The van der Waals surface area contributed by atoms with Crippen LogP contribution in [0.4, 0.5) is 0 Å². The van der Waals surface area contributed by atoms with Crippen LogP contribution >= 0.6 is 0 Å². The van der Waals surface area contributed by atoms with E-state index in [2.05, 4.69) is 75.3 Å². The molecule has 0 aromatic carbocycles. The van der Waals surface area contributed by atoms with Crippen LogP contribution in [0, 0.1) is 34.5 Å². The summed E-state index contributed by atoms with van der Waals surface area (Å²) in [5, 5.41) is 10.9. The first-order chi connectivity index (χ1) is 11.5. The Morgan fingerprint density at radius 2 is 1.48 bits per heavy atom. The van der Waals surface area contributed by atoms with Crippen LogP contribution in [0.25, 0.3) is 0 Å². The molecule has 0 rings (SSSR count). The first kappa shape index (κ1) is 24.4. The summed E-state index contributed by atoms with van der Waals surface area (Å²) < 4.78 is 6.07. The summed E-state index contributed by atoms with van der Waals surface area (Å²) in [6.07, 6.45) is 1.17. The Morgan fingerprint density at radius 1 is 0.960 bits per heavy atom. The lowest BCUT2D eigenvalue weighted by molar-refractivity contribution is -0.328. The fourth-order valence-electron chi connectivity index (χ4n) is 3.58. The normalized spacial score (nSPS) is 17.4. The molecule has 0 bridgehead atoms. The second-order valence-corrected chi connectivity index (χ2v) is 8.85. The van der Waals surface area contributed by atoms with Gasteiger partial charge in [-0.15, -0.1) is 0 Å². The number of nitriles is 1. The van der Waals surface area contributed by atoms with E-state index in [1.165, 1.54) is 0 Å². The molecule has 0 spiro atoms. The maximum atomic E-state index is 8.86. The summed E-state index contributed by atoms with van der Waals surface area (Å²) in [4.78, 5) is 6.36. The number of rotatable bonds is 12. The van der Waals surface area contributed by atoms with Gasteiger partial charge in [-0.1, -0.05) is 41.5 Å². The van der Waals surface area contributed by atoms with Crippen molar-refractivity contribution in [3.05, 3.63) is 0 Å². The molecule has 0 N–H and O–H groups in total. The van der Waals surface area contributed by atoms with Crippen LogP contribution in [0.5, 0.6) is 0 Å². The molecule has 0 heterocycles. The average molecular weight is 355 g/mol. The van der Waals surface area contributed by atoms with Gasteiger partial charge in [0.15, 0.2) is 6.29 Å². The van der Waals surface area contributed by atoms with E-state index in [0.29, 0.717) is 24.9 Å². The third-order valence-electron chi connectivity index (χ3n) is 5.35. The topological polar surface area (TPSA) is 45.5 Å². The molecule has 0 aliphatic carbocycles. The molecule has 3 atom stereocenters. The molecule has 0 fully saturated rings. The van der Waals surface area contributed by atoms with Crippen LogP contribution in [0.15, 0.2) is 0 Å². The maximum Gasteiger partial charge on any atom is 0.180 e. The number of hydrogen-bond acceptors (Lipinski definition) is 4. The minimum Gasteiger partial charge on any atom is -0.349 e. The van der Waals surface area contributed by atoms with Crippen molar-refractivity contribution in [1.82, 2.24) is 5.06 Å². The van der Waals surface area contributed by atoms with Crippen molar-refractivity contribution in [2.75, 3.05) is 6.61 Å². The summed E-state index contributed by atoms with van der Waals surface area (Å²) >= 11 is 0. The minimum atomic E-state index is -0.343. The number of ether oxygens (including phenoxy) is 1. The van der Waals surface area contributed by atoms with E-state index in [0.717, 1.165) is 6.42 Å². The van der Waals surface area contributed by atoms with Crippen molar-refractivity contribution in [2.24, 2.45) is 23.2 Å². The summed E-state index contributed by atoms with van der Waals surface area (Å²) in [5.74, 6) is 1.34. The van der Waals surface area contributed by atoms with Crippen LogP contribution < -0.4 is 0 Å². The number of hydrogen-bond donors (Lipinski definition) is 0. The van der Waals surface area contributed by atoms with Gasteiger partial charge in [0.2, 0.25) is 0 Å². The lowest BCUT2D eigenvalue weighted by atomic mass is 9.65. The average Bonchev–Trinajstić information content (AvgIpc) is 2.48. The van der Waals surface area contributed by atoms with Gasteiger partial charge in [0.05, 0.1) is 19.1 Å². The highest BCUT2D eigenvalue weighted by Crippen LogP contribution is 2.44. The van der Waals surface area contributed by atoms with Gasteiger partial charge in [-0.2, -0.15) is 10.3 Å². The Hall–Kier alpha value is -0.630. The summed E-state index contributed by atoms with van der Waals surface area (Å²) in [7, 11) is 0. The molecule has 0 saturated carbocycles. The number of nitrogens with zero attached hydrogens (tertiary/aromatic N) is 2. The van der Waals surface area contributed by atoms with Gasteiger partial charge in [-0.25, -0.2) is 0 Å². The van der Waals surface area contributed by atoms with Gasteiger partial charge in [0.25, 0.3) is 0 Å². The molecule has 0 aliphatic rings. The predicted octanol–water partition coefficient (Wildman–Crippen LogP) is 5.64. The van der Waals surface area contributed by atoms with Crippen molar-refractivity contribution in [3.63, 3.8) is 0 Å². The van der Waals surface area contributed by atoms with Crippen LogP contribution in [0.3, 0.4) is 0 Å². The zero-order valence-electron chi connectivity index (χ0n) is 18.3. The Bertz CT molecular complexity index is 393. The highest BCUT2D eigenvalue weighted by Gasteiger charge is 2.41. The SMILES string of the molecule is CC(C)CC(C)(C(C)C)C(C)C(OCCC#N)ON(C(C)C)C(C)C. The Morgan fingerprint density at radius 3 is 1.84 bits per heavy atom. The molecule has 3 unspecified atom stereocenters. The monoisotopic (exact) mass is 354 g/mol. The Balaban J connectivity index is 5.50. The molecule has 0 aromatic heterocycles. The van der Waals surface area contributed by atoms with Crippen molar-refractivity contribution in [1.29, 1.82) is 5.26 Å². The largest absolute Gasteiger partial charge is 0.349 e. The molecule has 4 heteroatoms. The van der Waals surface area contributed by atoms with Gasteiger partial charge >= 0.3 is 0 Å². The fourth-order valence-corrected chi connectivity index (χ4v) is 3.58. The van der Waals surface area contributed by atoms with Crippen molar-refractivity contribution >= 4 is 0 Å². The van der Waals surface area contributed by atoms with Crippen molar-refractivity contribution in [3.8, 4) is 6.07 Å². The smallest absolute Gasteiger partial charge is 0.180 e. The van der Waals surface area contributed by atoms with Crippen molar-refractivity contribution in [2.45, 2.75) is 100 Å². The van der Waals surface area contributed by atoms with Crippen LogP contribution in [-0.4, -0.2) is 30.0 Å². The molecule has 0 saturated heterocycles. The molecule has 25 heavy (non-hydrogen) atoms. The summed E-state index contributed by atoms with van der Waals surface area (Å²) in [6.45, 7) is 22.6. The third-order valence-corrected chi connectivity index (χ3v) is 5.35. The lowest BCUT2D eigenvalue weighted by Gasteiger charge is -2.45. The van der Waals surface area contributed by atoms with E-state index in [9.17, 15) is 0 Å². The molecule has 148 valence electrons. The molecular formula is C21H42N2O2. The molecule has 4 nitrogen and oxygen atoms in total. The van der Waals surface area contributed by atoms with E-state index in [-0.39, 0.29) is 29.7 Å². The fraction of sp³-hybridized carbons (Fsp3) is 0.952. The zero-order valence-corrected chi connectivity index (χ0v) is 18.3. The molecular weight excluding hydrogens is 312 g/mol. The molecule has 0 aliphatic heterocycles. The lowest BCUT2D eigenvalue weighted by Crippen LogP contribution is -2.47. The standard InChI is InChI=1S/C21H42N2O2/c1-15(2)14-21(10,16(3)4)19(9)20(24-13-11-12-22)25-23(17(5)6)18(7)8/h15-20H,11,13-14H2,1-10H3. The predicted molar refractivity (Wildman–Crippen MR) is 105 cm³/mol. The van der Waals surface area contributed by atoms with Crippen LogP contribution in [-0.2, 0) is 9.57 Å². The summed E-state index contributed by atoms with van der Waals surface area (Å²) in [5.41, 5.74) is 0.102. The van der Waals surface area contributed by atoms with E-state index in [1.807, 2.05) is 5.06 Å². The van der Waals surface area contributed by atoms with Gasteiger partial charge < -0.3 is 4.74 Å². The summed E-state index contributed by atoms with van der Waals surface area (Å²) in [6, 6.07) is 2.70. The Labute approximate surface area is 156 Å². The zero-order chi connectivity index (χ0) is 19.8. The second-order valence-electron chi connectivity index (χ2n) is 8.85. The number of hydroxylamine groups is 2. The van der Waals surface area contributed by atoms with Gasteiger partial charge in [-0.05, 0) is 51.4 Å². The van der Waals surface area contributed by atoms with Gasteiger partial charge in [0.1, 0.15) is 0 Å². The quantitative estimate of drug-likeness (QED) is 0.258. The maximum absolute atomic E-state index is 8.86. The first-order valence-electron chi connectivity index (χ1n) is 9.90. The first-order valence-corrected chi connectivity index (χ1v) is 9.90. The highest BCUT2D eigenvalue weighted by atomic mass is 16.8. The highest BCUT2D eigenvalue weighted by molar-refractivity contribution is 4.86. The van der Waals surface area contributed by atoms with E-state index < -0.39 is 0 Å². The molecule has 0 amide bonds. The van der Waals surface area contributed by atoms with Crippen LogP contribution in [0.2, 0.25) is 0 Å². The minimum absolute atomic E-state index is 0.102. The van der Waals surface area contributed by atoms with Crippen LogP contribution in [0.1, 0.15) is 82.1 Å². The van der Waals surface area contributed by atoms with Crippen molar-refractivity contribution < 1.29 is 9.57 Å². The third kappa shape index (κ3) is 7.64. The molecule has 0 radical (unpaired) electrons.